The quantitative estimate of drug-likeness (QED) is 0.0299. The number of carbonyl (C=O) groups is 1. The lowest BCUT2D eigenvalue weighted by molar-refractivity contribution is -0.123. The van der Waals surface area contributed by atoms with Gasteiger partial charge in [0.1, 0.15) is 0 Å². The van der Waals surface area contributed by atoms with Crippen LogP contribution in [0.5, 0.6) is 0 Å². The molecule has 0 rings (SSSR count). The molecule has 0 saturated heterocycles. The second kappa shape index (κ2) is 33.9. The van der Waals surface area contributed by atoms with Crippen molar-refractivity contribution in [2.45, 2.75) is 187 Å². The van der Waals surface area contributed by atoms with E-state index in [0.29, 0.717) is 6.42 Å². The van der Waals surface area contributed by atoms with Crippen LogP contribution in [0.15, 0.2) is 24.3 Å². The van der Waals surface area contributed by atoms with Gasteiger partial charge in [-0.3, -0.25) is 13.8 Å². The minimum absolute atomic E-state index is 0.0777. The lowest BCUT2D eigenvalue weighted by Gasteiger charge is -2.23. The van der Waals surface area contributed by atoms with Crippen LogP contribution in [0.1, 0.15) is 174 Å². The SMILES string of the molecule is CCCCCCCC/C=C\CCCCCCCC(=O)NC(COP(=O)(O)OCCN)C(O)/C=C/CCCCCCCCCCCC. The number of unbranched alkanes of at least 4 members (excludes halogenated alkanes) is 21. The van der Waals surface area contributed by atoms with Gasteiger partial charge in [0.15, 0.2) is 0 Å². The van der Waals surface area contributed by atoms with Crippen molar-refractivity contribution in [2.24, 2.45) is 5.73 Å². The number of nitrogens with two attached hydrogens (primary N) is 1. The van der Waals surface area contributed by atoms with Crippen molar-refractivity contribution in [3.05, 3.63) is 24.3 Å². The molecule has 3 unspecified atom stereocenters. The van der Waals surface area contributed by atoms with Gasteiger partial charge in [0.05, 0.1) is 25.4 Å². The predicted octanol–water partition coefficient (Wildman–Crippen LogP) is 9.83. The van der Waals surface area contributed by atoms with Gasteiger partial charge in [-0.25, -0.2) is 4.57 Å². The van der Waals surface area contributed by atoms with Gasteiger partial charge in [0.25, 0.3) is 0 Å². The number of phosphoric ester groups is 1. The van der Waals surface area contributed by atoms with Gasteiger partial charge in [-0.15, -0.1) is 0 Å². The molecule has 0 aliphatic rings. The Labute approximate surface area is 283 Å². The summed E-state index contributed by atoms with van der Waals surface area (Å²) in [5.74, 6) is -0.205. The van der Waals surface area contributed by atoms with Gasteiger partial charge in [-0.2, -0.15) is 0 Å². The molecule has 272 valence electrons. The highest BCUT2D eigenvalue weighted by atomic mass is 31.2. The van der Waals surface area contributed by atoms with Crippen molar-refractivity contribution >= 4 is 13.7 Å². The first-order valence-corrected chi connectivity index (χ1v) is 20.5. The highest BCUT2D eigenvalue weighted by Gasteiger charge is 2.26. The van der Waals surface area contributed by atoms with E-state index in [4.69, 9.17) is 14.8 Å². The molecular weight excluding hydrogens is 599 g/mol. The summed E-state index contributed by atoms with van der Waals surface area (Å²) in [6.07, 6.45) is 36.4. The summed E-state index contributed by atoms with van der Waals surface area (Å²) in [4.78, 5) is 22.6. The van der Waals surface area contributed by atoms with E-state index in [0.717, 1.165) is 51.4 Å². The summed E-state index contributed by atoms with van der Waals surface area (Å²) < 4.78 is 22.0. The fourth-order valence-corrected chi connectivity index (χ4v) is 6.12. The number of nitrogens with one attached hydrogen (secondary N) is 1. The number of hydrogen-bond donors (Lipinski definition) is 4. The summed E-state index contributed by atoms with van der Waals surface area (Å²) in [5, 5.41) is 13.6. The summed E-state index contributed by atoms with van der Waals surface area (Å²) in [6.45, 7) is 4.10. The molecule has 0 aromatic carbocycles. The van der Waals surface area contributed by atoms with Gasteiger partial charge in [-0.05, 0) is 44.9 Å². The number of allylic oxidation sites excluding steroid dienone is 3. The van der Waals surface area contributed by atoms with Crippen LogP contribution in [0, 0.1) is 0 Å². The van der Waals surface area contributed by atoms with Crippen LogP contribution < -0.4 is 11.1 Å². The maximum Gasteiger partial charge on any atom is 0.472 e. The molecule has 0 aliphatic carbocycles. The molecule has 9 heteroatoms. The van der Waals surface area contributed by atoms with Gasteiger partial charge in [-0.1, -0.05) is 147 Å². The number of carbonyl (C=O) groups excluding carboxylic acids is 1. The number of aliphatic hydroxyl groups is 1. The van der Waals surface area contributed by atoms with Crippen LogP contribution >= 0.6 is 7.82 Å². The zero-order valence-corrected chi connectivity index (χ0v) is 30.7. The average Bonchev–Trinajstić information content (AvgIpc) is 3.04. The van der Waals surface area contributed by atoms with E-state index in [9.17, 15) is 19.4 Å². The number of hydrogen-bond acceptors (Lipinski definition) is 6. The van der Waals surface area contributed by atoms with Gasteiger partial charge in [0.2, 0.25) is 5.91 Å². The average molecular weight is 673 g/mol. The van der Waals surface area contributed by atoms with Crippen LogP contribution in [0.2, 0.25) is 0 Å². The van der Waals surface area contributed by atoms with Crippen LogP contribution in [0.3, 0.4) is 0 Å². The summed E-state index contributed by atoms with van der Waals surface area (Å²) >= 11 is 0. The Morgan fingerprint density at radius 3 is 1.61 bits per heavy atom. The van der Waals surface area contributed by atoms with E-state index in [1.54, 1.807) is 6.08 Å². The van der Waals surface area contributed by atoms with E-state index in [2.05, 4.69) is 31.3 Å². The number of amides is 1. The Kier molecular flexibility index (Phi) is 33.1. The maximum absolute atomic E-state index is 12.7. The molecule has 3 atom stereocenters. The van der Waals surface area contributed by atoms with Gasteiger partial charge in [0, 0.05) is 13.0 Å². The predicted molar refractivity (Wildman–Crippen MR) is 194 cm³/mol. The molecule has 1 amide bonds. The molecule has 0 aromatic heterocycles. The third kappa shape index (κ3) is 31.6. The number of rotatable bonds is 35. The minimum atomic E-state index is -4.33. The Balaban J connectivity index is 4.32. The first-order chi connectivity index (χ1) is 22.4. The third-order valence-corrected chi connectivity index (χ3v) is 9.26. The molecule has 0 heterocycles. The molecule has 8 nitrogen and oxygen atoms in total. The molecule has 0 aliphatic heterocycles. The standard InChI is InChI=1S/C37H73N2O6P/c1-3-5-7-9-11-13-15-17-18-19-21-23-25-27-29-31-37(41)39-35(34-45-46(42,43)44-33-32-38)36(40)30-28-26-24-22-20-16-14-12-10-8-6-4-2/h17-18,28,30,35-36,40H,3-16,19-27,29,31-34,38H2,1-2H3,(H,39,41)(H,42,43)/b18-17-,30-28+. The number of aliphatic hydroxyl groups excluding tert-OH is 1. The van der Waals surface area contributed by atoms with E-state index in [-0.39, 0.29) is 25.7 Å². The summed E-state index contributed by atoms with van der Waals surface area (Å²) in [5.41, 5.74) is 5.35. The Morgan fingerprint density at radius 2 is 1.13 bits per heavy atom. The lowest BCUT2D eigenvalue weighted by Crippen LogP contribution is -2.45. The fourth-order valence-electron chi connectivity index (χ4n) is 5.36. The van der Waals surface area contributed by atoms with Crippen molar-refractivity contribution in [1.29, 1.82) is 0 Å². The molecule has 0 aromatic rings. The molecule has 0 bridgehead atoms. The first-order valence-electron chi connectivity index (χ1n) is 19.0. The van der Waals surface area contributed by atoms with Crippen LogP contribution in [-0.4, -0.2) is 47.8 Å². The van der Waals surface area contributed by atoms with Crippen LogP contribution in [0.25, 0.3) is 0 Å². The van der Waals surface area contributed by atoms with Crippen molar-refractivity contribution in [1.82, 2.24) is 5.32 Å². The second-order valence-corrected chi connectivity index (χ2v) is 14.2. The Hall–Kier alpha value is -1.02. The van der Waals surface area contributed by atoms with E-state index in [1.807, 2.05) is 6.08 Å². The summed E-state index contributed by atoms with van der Waals surface area (Å²) in [7, 11) is -4.33. The van der Waals surface area contributed by atoms with E-state index >= 15 is 0 Å². The van der Waals surface area contributed by atoms with Crippen LogP contribution in [0.4, 0.5) is 0 Å². The lowest BCUT2D eigenvalue weighted by atomic mass is 10.1. The van der Waals surface area contributed by atoms with Crippen molar-refractivity contribution in [3.63, 3.8) is 0 Å². The molecule has 0 spiro atoms. The topological polar surface area (TPSA) is 131 Å². The summed E-state index contributed by atoms with van der Waals surface area (Å²) in [6, 6.07) is -0.860. The largest absolute Gasteiger partial charge is 0.472 e. The molecular formula is C37H73N2O6P. The fraction of sp³-hybridized carbons (Fsp3) is 0.865. The third-order valence-electron chi connectivity index (χ3n) is 8.27. The van der Waals surface area contributed by atoms with E-state index < -0.39 is 20.0 Å². The maximum atomic E-state index is 12.7. The highest BCUT2D eigenvalue weighted by Crippen LogP contribution is 2.43. The smallest absolute Gasteiger partial charge is 0.387 e. The van der Waals surface area contributed by atoms with Gasteiger partial charge < -0.3 is 21.1 Å². The van der Waals surface area contributed by atoms with Crippen LogP contribution in [-0.2, 0) is 18.4 Å². The minimum Gasteiger partial charge on any atom is -0.387 e. The van der Waals surface area contributed by atoms with Crippen molar-refractivity contribution < 1.29 is 28.4 Å². The van der Waals surface area contributed by atoms with Crippen molar-refractivity contribution in [2.75, 3.05) is 19.8 Å². The molecule has 5 N–H and O–H groups in total. The molecule has 0 radical (unpaired) electrons. The number of phosphoric acid groups is 1. The first kappa shape index (κ1) is 45.0. The van der Waals surface area contributed by atoms with E-state index in [1.165, 1.54) is 103 Å². The zero-order chi connectivity index (χ0) is 34.0. The monoisotopic (exact) mass is 673 g/mol. The normalized spacial score (nSPS) is 14.6. The Morgan fingerprint density at radius 1 is 0.696 bits per heavy atom. The molecule has 0 fully saturated rings. The highest BCUT2D eigenvalue weighted by molar-refractivity contribution is 7.47. The Bertz CT molecular complexity index is 779. The molecule has 0 saturated carbocycles. The van der Waals surface area contributed by atoms with Crippen molar-refractivity contribution in [3.8, 4) is 0 Å². The molecule has 46 heavy (non-hydrogen) atoms. The van der Waals surface area contributed by atoms with Gasteiger partial charge >= 0.3 is 7.82 Å². The zero-order valence-electron chi connectivity index (χ0n) is 29.8. The second-order valence-electron chi connectivity index (χ2n) is 12.8.